The molecule has 0 radical (unpaired) electrons. The van der Waals surface area contributed by atoms with E-state index in [1.54, 1.807) is 0 Å². The monoisotopic (exact) mass is 416 g/mol. The van der Waals surface area contributed by atoms with Gasteiger partial charge in [-0.2, -0.15) is 0 Å². The number of carbonyl (C=O) groups is 1. The summed E-state index contributed by atoms with van der Waals surface area (Å²) in [6.07, 6.45) is 5.16. The minimum Gasteiger partial charge on any atom is -0.342 e. The van der Waals surface area contributed by atoms with Crippen molar-refractivity contribution in [1.82, 2.24) is 25.3 Å². The normalized spacial score (nSPS) is 11.7. The van der Waals surface area contributed by atoms with Gasteiger partial charge in [0.25, 0.3) is 0 Å². The molecule has 0 fully saturated rings. The van der Waals surface area contributed by atoms with Gasteiger partial charge in [0.1, 0.15) is 0 Å². The third kappa shape index (κ3) is 18.9. The lowest BCUT2D eigenvalue weighted by atomic mass is 10.2. The number of likely N-dealkylation sites (N-methyl/N-ethyl adjacent to an activating group) is 1. The molecule has 0 aromatic carbocycles. The fourth-order valence-electron chi connectivity index (χ4n) is 3.08. The third-order valence-electron chi connectivity index (χ3n) is 4.65. The molecule has 0 atom stereocenters. The highest BCUT2D eigenvalue weighted by molar-refractivity contribution is 5.77. The Morgan fingerprint density at radius 1 is 0.724 bits per heavy atom. The molecule has 0 unspecified atom stereocenters. The zero-order valence-corrected chi connectivity index (χ0v) is 19.0. The van der Waals surface area contributed by atoms with Gasteiger partial charge in [-0.15, -0.1) is 0 Å². The van der Waals surface area contributed by atoms with E-state index in [0.717, 1.165) is 97.6 Å². The van der Waals surface area contributed by atoms with Crippen molar-refractivity contribution < 1.29 is 4.79 Å². The van der Waals surface area contributed by atoms with Crippen LogP contribution in [0.2, 0.25) is 0 Å². The summed E-state index contributed by atoms with van der Waals surface area (Å²) in [6, 6.07) is 0. The van der Waals surface area contributed by atoms with Crippen LogP contribution in [0.5, 0.6) is 0 Å². The molecular formula is C20H48N8O. The summed E-state index contributed by atoms with van der Waals surface area (Å²) in [5, 5.41) is 6.46. The largest absolute Gasteiger partial charge is 0.342 e. The van der Waals surface area contributed by atoms with E-state index >= 15 is 0 Å². The summed E-state index contributed by atoms with van der Waals surface area (Å²) in [6.45, 7) is 10.1. The Bertz CT molecular complexity index is 362. The Morgan fingerprint density at radius 3 is 1.83 bits per heavy atom. The van der Waals surface area contributed by atoms with Crippen molar-refractivity contribution in [2.75, 3.05) is 92.8 Å². The SMILES string of the molecule is CN(C)CC(=O)NCN(CCCNCCCN)CCCN(CCCN)CCCN. The van der Waals surface area contributed by atoms with Crippen molar-refractivity contribution in [2.24, 2.45) is 17.2 Å². The average molecular weight is 417 g/mol. The maximum Gasteiger partial charge on any atom is 0.235 e. The van der Waals surface area contributed by atoms with Gasteiger partial charge in [0.15, 0.2) is 0 Å². The lowest BCUT2D eigenvalue weighted by Crippen LogP contribution is -2.43. The van der Waals surface area contributed by atoms with Crippen LogP contribution in [0, 0.1) is 0 Å². The first-order valence-electron chi connectivity index (χ1n) is 11.2. The number of carbonyl (C=O) groups excluding carboxylic acids is 1. The Kier molecular flexibility index (Phi) is 19.9. The first kappa shape index (κ1) is 28.2. The van der Waals surface area contributed by atoms with E-state index < -0.39 is 0 Å². The van der Waals surface area contributed by atoms with E-state index in [1.807, 2.05) is 19.0 Å². The van der Waals surface area contributed by atoms with Gasteiger partial charge in [-0.25, -0.2) is 0 Å². The average Bonchev–Trinajstić information content (AvgIpc) is 2.69. The highest BCUT2D eigenvalue weighted by atomic mass is 16.2. The van der Waals surface area contributed by atoms with Gasteiger partial charge in [0.05, 0.1) is 13.2 Å². The van der Waals surface area contributed by atoms with Crippen LogP contribution in [0.4, 0.5) is 0 Å². The van der Waals surface area contributed by atoms with Gasteiger partial charge in [-0.1, -0.05) is 0 Å². The summed E-state index contributed by atoms with van der Waals surface area (Å²) in [4.78, 5) is 18.7. The fourth-order valence-corrected chi connectivity index (χ4v) is 3.08. The van der Waals surface area contributed by atoms with Crippen LogP contribution in [0.1, 0.15) is 32.1 Å². The molecule has 9 nitrogen and oxygen atoms in total. The van der Waals surface area contributed by atoms with Crippen LogP contribution < -0.4 is 27.8 Å². The highest BCUT2D eigenvalue weighted by Gasteiger charge is 2.10. The third-order valence-corrected chi connectivity index (χ3v) is 4.65. The smallest absolute Gasteiger partial charge is 0.235 e. The molecule has 0 bridgehead atoms. The molecule has 0 saturated heterocycles. The first-order chi connectivity index (χ1) is 14.0. The molecule has 174 valence electrons. The zero-order valence-electron chi connectivity index (χ0n) is 19.0. The molecule has 0 aromatic rings. The Labute approximate surface area is 178 Å². The van der Waals surface area contributed by atoms with Gasteiger partial charge < -0.3 is 37.6 Å². The minimum absolute atomic E-state index is 0.0635. The molecule has 9 heteroatoms. The first-order valence-corrected chi connectivity index (χ1v) is 11.2. The number of amides is 1. The maximum atomic E-state index is 12.0. The molecule has 0 aliphatic heterocycles. The number of hydrogen-bond acceptors (Lipinski definition) is 8. The zero-order chi connectivity index (χ0) is 21.7. The van der Waals surface area contributed by atoms with Gasteiger partial charge in [0.2, 0.25) is 5.91 Å². The Balaban J connectivity index is 4.35. The van der Waals surface area contributed by atoms with Crippen molar-refractivity contribution in [2.45, 2.75) is 32.1 Å². The second-order valence-electron chi connectivity index (χ2n) is 7.84. The number of nitrogens with zero attached hydrogens (tertiary/aromatic N) is 3. The summed E-state index contributed by atoms with van der Waals surface area (Å²) >= 11 is 0. The van der Waals surface area contributed by atoms with Crippen molar-refractivity contribution >= 4 is 5.91 Å². The van der Waals surface area contributed by atoms with Crippen LogP contribution in [-0.2, 0) is 4.79 Å². The van der Waals surface area contributed by atoms with Crippen molar-refractivity contribution in [1.29, 1.82) is 0 Å². The summed E-state index contributed by atoms with van der Waals surface area (Å²) in [5.74, 6) is 0.0635. The molecule has 0 heterocycles. The molecule has 0 spiro atoms. The quantitative estimate of drug-likeness (QED) is 0.115. The van der Waals surface area contributed by atoms with Crippen molar-refractivity contribution in [3.63, 3.8) is 0 Å². The van der Waals surface area contributed by atoms with Crippen molar-refractivity contribution in [3.8, 4) is 0 Å². The molecule has 0 saturated carbocycles. The number of nitrogens with one attached hydrogen (secondary N) is 2. The predicted molar refractivity (Wildman–Crippen MR) is 123 cm³/mol. The number of rotatable bonds is 21. The minimum atomic E-state index is 0.0635. The summed E-state index contributed by atoms with van der Waals surface area (Å²) in [7, 11) is 3.81. The van der Waals surface area contributed by atoms with Crippen LogP contribution >= 0.6 is 0 Å². The molecule has 8 N–H and O–H groups in total. The topological polar surface area (TPSA) is 129 Å². The van der Waals surface area contributed by atoms with E-state index in [4.69, 9.17) is 17.2 Å². The van der Waals surface area contributed by atoms with Crippen LogP contribution in [-0.4, -0.2) is 113 Å². The van der Waals surface area contributed by atoms with Gasteiger partial charge in [-0.05, 0) is 98.6 Å². The molecule has 0 aromatic heterocycles. The highest BCUT2D eigenvalue weighted by Crippen LogP contribution is 1.99. The molecule has 29 heavy (non-hydrogen) atoms. The molecule has 0 rings (SSSR count). The van der Waals surface area contributed by atoms with Crippen LogP contribution in [0.3, 0.4) is 0 Å². The maximum absolute atomic E-state index is 12.0. The molecule has 1 amide bonds. The van der Waals surface area contributed by atoms with E-state index in [2.05, 4.69) is 20.4 Å². The van der Waals surface area contributed by atoms with E-state index in [9.17, 15) is 4.79 Å². The summed E-state index contributed by atoms with van der Waals surface area (Å²) < 4.78 is 0. The summed E-state index contributed by atoms with van der Waals surface area (Å²) in [5.41, 5.74) is 16.9. The molecule has 0 aliphatic rings. The second kappa shape index (κ2) is 20.5. The molecular weight excluding hydrogens is 368 g/mol. The van der Waals surface area contributed by atoms with Gasteiger partial charge >= 0.3 is 0 Å². The van der Waals surface area contributed by atoms with Gasteiger partial charge in [0, 0.05) is 13.1 Å². The van der Waals surface area contributed by atoms with Crippen LogP contribution in [0.25, 0.3) is 0 Å². The van der Waals surface area contributed by atoms with E-state index in [0.29, 0.717) is 13.2 Å². The standard InChI is InChI=1S/C20H48N8O/c1-26(2)18-20(29)25-19-28(15-6-12-24-11-3-8-21)17-7-16-27(13-4-9-22)14-5-10-23/h24H,3-19,21-23H2,1-2H3,(H,25,29). The van der Waals surface area contributed by atoms with E-state index in [-0.39, 0.29) is 5.91 Å². The Hall–Kier alpha value is -0.810. The fraction of sp³-hybridized carbons (Fsp3) is 0.950. The van der Waals surface area contributed by atoms with Crippen LogP contribution in [0.15, 0.2) is 0 Å². The number of nitrogens with two attached hydrogens (primary N) is 3. The number of hydrogen-bond donors (Lipinski definition) is 5. The van der Waals surface area contributed by atoms with E-state index in [1.165, 1.54) is 0 Å². The van der Waals surface area contributed by atoms with Crippen molar-refractivity contribution in [3.05, 3.63) is 0 Å². The molecule has 0 aliphatic carbocycles. The predicted octanol–water partition coefficient (Wildman–Crippen LogP) is -1.36. The Morgan fingerprint density at radius 2 is 1.24 bits per heavy atom. The van der Waals surface area contributed by atoms with Gasteiger partial charge in [-0.3, -0.25) is 9.69 Å². The lowest BCUT2D eigenvalue weighted by Gasteiger charge is -2.26. The second-order valence-corrected chi connectivity index (χ2v) is 7.84. The lowest BCUT2D eigenvalue weighted by molar-refractivity contribution is -0.122.